The molecule has 0 saturated heterocycles. The van der Waals surface area contributed by atoms with Crippen LogP contribution in [0.4, 0.5) is 10.5 Å². The Morgan fingerprint density at radius 1 is 1.43 bits per heavy atom. The summed E-state index contributed by atoms with van der Waals surface area (Å²) in [5, 5.41) is 11.9. The van der Waals surface area contributed by atoms with E-state index in [2.05, 4.69) is 5.32 Å². The van der Waals surface area contributed by atoms with Crippen molar-refractivity contribution < 1.29 is 14.7 Å². The molecule has 0 radical (unpaired) electrons. The van der Waals surface area contributed by atoms with Gasteiger partial charge in [-0.1, -0.05) is 18.0 Å². The van der Waals surface area contributed by atoms with E-state index in [0.29, 0.717) is 18.2 Å². The fourth-order valence-electron chi connectivity index (χ4n) is 2.31. The highest BCUT2D eigenvalue weighted by atomic mass is 35.5. The number of hydrogen-bond donors (Lipinski definition) is 2. The van der Waals surface area contributed by atoms with Crippen LogP contribution < -0.4 is 5.32 Å². The summed E-state index contributed by atoms with van der Waals surface area (Å²) in [6, 6.07) is 4.25. The minimum Gasteiger partial charge on any atom is -0.478 e. The number of carbonyl (C=O) groups is 2. The van der Waals surface area contributed by atoms with Gasteiger partial charge >= 0.3 is 12.0 Å². The maximum absolute atomic E-state index is 12.2. The van der Waals surface area contributed by atoms with Crippen LogP contribution in [0.25, 0.3) is 0 Å². The Morgan fingerprint density at radius 3 is 2.67 bits per heavy atom. The van der Waals surface area contributed by atoms with E-state index >= 15 is 0 Å². The number of halogens is 1. The highest BCUT2D eigenvalue weighted by Gasteiger charge is 2.23. The van der Waals surface area contributed by atoms with Gasteiger partial charge in [0.25, 0.3) is 0 Å². The first-order chi connectivity index (χ1) is 10.0. The van der Waals surface area contributed by atoms with Gasteiger partial charge in [0.15, 0.2) is 0 Å². The van der Waals surface area contributed by atoms with Crippen molar-refractivity contribution in [3.8, 4) is 0 Å². The van der Waals surface area contributed by atoms with E-state index in [1.54, 1.807) is 11.0 Å². The quantitative estimate of drug-likeness (QED) is 0.871. The molecule has 1 saturated carbocycles. The van der Waals surface area contributed by atoms with E-state index < -0.39 is 5.97 Å². The lowest BCUT2D eigenvalue weighted by molar-refractivity contribution is 0.0697. The maximum Gasteiger partial charge on any atom is 0.337 e. The summed E-state index contributed by atoms with van der Waals surface area (Å²) >= 11 is 5.81. The lowest BCUT2D eigenvalue weighted by Gasteiger charge is -2.31. The van der Waals surface area contributed by atoms with Gasteiger partial charge in [0.05, 0.1) is 10.6 Å². The lowest BCUT2D eigenvalue weighted by Crippen LogP contribution is -2.39. The number of nitrogens with one attached hydrogen (secondary N) is 1. The molecule has 2 N–H and O–H groups in total. The van der Waals surface area contributed by atoms with E-state index in [1.165, 1.54) is 31.4 Å². The van der Waals surface area contributed by atoms with Crippen LogP contribution in [0.3, 0.4) is 0 Å². The molecule has 1 aliphatic rings. The molecule has 1 aromatic rings. The third-order valence-electron chi connectivity index (χ3n) is 3.82. The van der Waals surface area contributed by atoms with Crippen molar-refractivity contribution in [3.05, 3.63) is 28.8 Å². The van der Waals surface area contributed by atoms with E-state index in [4.69, 9.17) is 16.7 Å². The first-order valence-electron chi connectivity index (χ1n) is 7.10. The Labute approximate surface area is 128 Å². The van der Waals surface area contributed by atoms with Gasteiger partial charge in [-0.25, -0.2) is 9.59 Å². The minimum absolute atomic E-state index is 0.0171. The Bertz CT molecular complexity index is 544. The second-order valence-electron chi connectivity index (χ2n) is 5.27. The molecule has 0 atom stereocenters. The zero-order chi connectivity index (χ0) is 15.4. The molecule has 21 heavy (non-hydrogen) atoms. The molecule has 1 fully saturated rings. The van der Waals surface area contributed by atoms with Crippen molar-refractivity contribution in [2.24, 2.45) is 5.92 Å². The van der Waals surface area contributed by atoms with Crippen molar-refractivity contribution in [2.45, 2.75) is 26.2 Å². The van der Waals surface area contributed by atoms with Gasteiger partial charge in [0.2, 0.25) is 0 Å². The van der Waals surface area contributed by atoms with E-state index in [0.717, 1.165) is 6.54 Å². The number of hydrogen-bond acceptors (Lipinski definition) is 2. The normalized spacial score (nSPS) is 14.4. The van der Waals surface area contributed by atoms with E-state index in [9.17, 15) is 9.59 Å². The summed E-state index contributed by atoms with van der Waals surface area (Å²) in [6.45, 7) is 3.31. The predicted molar refractivity (Wildman–Crippen MR) is 82.0 cm³/mol. The molecule has 0 aliphatic heterocycles. The second-order valence-corrected chi connectivity index (χ2v) is 5.67. The summed E-state index contributed by atoms with van der Waals surface area (Å²) < 4.78 is 0. The molecule has 6 heteroatoms. The molecule has 5 nitrogen and oxygen atoms in total. The molecule has 114 valence electrons. The molecule has 0 unspecified atom stereocenters. The Kier molecular flexibility index (Phi) is 5.07. The van der Waals surface area contributed by atoms with Crippen molar-refractivity contribution in [1.82, 2.24) is 4.90 Å². The van der Waals surface area contributed by atoms with Crippen LogP contribution in [-0.4, -0.2) is 35.1 Å². The Morgan fingerprint density at radius 2 is 2.14 bits per heavy atom. The zero-order valence-electron chi connectivity index (χ0n) is 11.9. The number of carbonyl (C=O) groups excluding carboxylic acids is 1. The number of benzene rings is 1. The van der Waals surface area contributed by atoms with Gasteiger partial charge in [-0.15, -0.1) is 0 Å². The van der Waals surface area contributed by atoms with Gasteiger partial charge in [-0.3, -0.25) is 0 Å². The minimum atomic E-state index is -1.11. The monoisotopic (exact) mass is 310 g/mol. The average Bonchev–Trinajstić information content (AvgIpc) is 2.39. The molecule has 0 aromatic heterocycles. The number of urea groups is 1. The van der Waals surface area contributed by atoms with Crippen molar-refractivity contribution in [3.63, 3.8) is 0 Å². The zero-order valence-corrected chi connectivity index (χ0v) is 12.7. The third-order valence-corrected chi connectivity index (χ3v) is 4.15. The van der Waals surface area contributed by atoms with Gasteiger partial charge in [-0.05, 0) is 43.9 Å². The molecule has 2 rings (SSSR count). The number of carboxylic acid groups (broad SMARTS) is 1. The molecular formula is C15H19ClN2O3. The van der Waals surface area contributed by atoms with Crippen LogP contribution >= 0.6 is 11.6 Å². The van der Waals surface area contributed by atoms with E-state index in [1.807, 2.05) is 6.92 Å². The summed E-state index contributed by atoms with van der Waals surface area (Å²) in [4.78, 5) is 25.0. The predicted octanol–water partition coefficient (Wildman–Crippen LogP) is 3.69. The Hall–Kier alpha value is -1.75. The molecule has 1 aromatic carbocycles. The van der Waals surface area contributed by atoms with Crippen LogP contribution in [0.5, 0.6) is 0 Å². The number of amides is 2. The molecule has 0 spiro atoms. The Balaban J connectivity index is 2.03. The summed E-state index contributed by atoms with van der Waals surface area (Å²) in [6.07, 6.45) is 3.59. The molecule has 1 aliphatic carbocycles. The van der Waals surface area contributed by atoms with Crippen LogP contribution in [0.15, 0.2) is 18.2 Å². The van der Waals surface area contributed by atoms with E-state index in [-0.39, 0.29) is 16.6 Å². The number of nitrogens with zero attached hydrogens (tertiary/aromatic N) is 1. The van der Waals surface area contributed by atoms with Crippen molar-refractivity contribution >= 4 is 29.3 Å². The highest BCUT2D eigenvalue weighted by Crippen LogP contribution is 2.27. The van der Waals surface area contributed by atoms with Crippen LogP contribution in [0.1, 0.15) is 36.5 Å². The second kappa shape index (κ2) is 6.80. The molecule has 2 amide bonds. The van der Waals surface area contributed by atoms with Gasteiger partial charge < -0.3 is 15.3 Å². The standard InChI is InChI=1S/C15H19ClN2O3/c1-2-18(9-10-4-3-5-10)15(21)17-11-6-7-13(16)12(8-11)14(19)20/h6-8,10H,2-5,9H2,1H3,(H,17,21)(H,19,20). The van der Waals surface area contributed by atoms with Crippen LogP contribution in [-0.2, 0) is 0 Å². The SMILES string of the molecule is CCN(CC1CCC1)C(=O)Nc1ccc(Cl)c(C(=O)O)c1. The molecule has 0 heterocycles. The first-order valence-corrected chi connectivity index (χ1v) is 7.47. The number of aromatic carboxylic acids is 1. The first kappa shape index (κ1) is 15.6. The smallest absolute Gasteiger partial charge is 0.337 e. The molecule has 0 bridgehead atoms. The highest BCUT2D eigenvalue weighted by molar-refractivity contribution is 6.33. The maximum atomic E-state index is 12.2. The van der Waals surface area contributed by atoms with Crippen molar-refractivity contribution in [1.29, 1.82) is 0 Å². The summed E-state index contributed by atoms with van der Waals surface area (Å²) in [7, 11) is 0. The van der Waals surface area contributed by atoms with Gasteiger partial charge in [0.1, 0.15) is 0 Å². The topological polar surface area (TPSA) is 69.6 Å². The average molecular weight is 311 g/mol. The summed E-state index contributed by atoms with van der Waals surface area (Å²) in [5.74, 6) is -0.520. The molecular weight excluding hydrogens is 292 g/mol. The largest absolute Gasteiger partial charge is 0.478 e. The van der Waals surface area contributed by atoms with Crippen LogP contribution in [0, 0.1) is 5.92 Å². The van der Waals surface area contributed by atoms with Crippen molar-refractivity contribution in [2.75, 3.05) is 18.4 Å². The number of anilines is 1. The van der Waals surface area contributed by atoms with Crippen LogP contribution in [0.2, 0.25) is 5.02 Å². The van der Waals surface area contributed by atoms with Gasteiger partial charge in [-0.2, -0.15) is 0 Å². The fraction of sp³-hybridized carbons (Fsp3) is 0.467. The number of rotatable bonds is 5. The fourth-order valence-corrected chi connectivity index (χ4v) is 2.51. The third kappa shape index (κ3) is 3.88. The lowest BCUT2D eigenvalue weighted by atomic mass is 9.85. The van der Waals surface area contributed by atoms with Gasteiger partial charge in [0, 0.05) is 18.8 Å². The number of carboxylic acids is 1. The summed E-state index contributed by atoms with van der Waals surface area (Å²) in [5.41, 5.74) is 0.422.